The predicted octanol–water partition coefficient (Wildman–Crippen LogP) is 5.61. The van der Waals surface area contributed by atoms with E-state index < -0.39 is 6.36 Å². The van der Waals surface area contributed by atoms with Gasteiger partial charge in [-0.25, -0.2) is 0 Å². The molecule has 1 aliphatic rings. The first-order valence-electron chi connectivity index (χ1n) is 8.40. The summed E-state index contributed by atoms with van der Waals surface area (Å²) in [6, 6.07) is 4.81. The first kappa shape index (κ1) is 25.6. The first-order valence-corrected chi connectivity index (χ1v) is 8.78. The van der Waals surface area contributed by atoms with Crippen LogP contribution in [0.3, 0.4) is 0 Å². The van der Waals surface area contributed by atoms with Crippen LogP contribution in [0.2, 0.25) is 5.02 Å². The Balaban J connectivity index is 0.00000312. The highest BCUT2D eigenvalue weighted by Gasteiger charge is 2.32. The first-order chi connectivity index (χ1) is 11.4. The van der Waals surface area contributed by atoms with Crippen molar-refractivity contribution in [3.8, 4) is 5.75 Å². The number of alkyl halides is 3. The monoisotopic (exact) mass is 436 g/mol. The summed E-state index contributed by atoms with van der Waals surface area (Å²) in [6.45, 7) is 5.85. The molecule has 0 radical (unpaired) electrons. The summed E-state index contributed by atoms with van der Waals surface area (Å²) in [7, 11) is 0. The molecule has 0 unspecified atom stereocenters. The Kier molecular flexibility index (Phi) is 11.9. The topological polar surface area (TPSA) is 24.5 Å². The lowest BCUT2D eigenvalue weighted by Crippen LogP contribution is -2.45. The van der Waals surface area contributed by atoms with Crippen LogP contribution >= 0.6 is 36.4 Å². The zero-order valence-electron chi connectivity index (χ0n) is 14.7. The molecule has 1 heterocycles. The van der Waals surface area contributed by atoms with Crippen LogP contribution in [0.1, 0.15) is 44.2 Å². The predicted molar refractivity (Wildman–Crippen MR) is 104 cm³/mol. The molecule has 0 saturated carbocycles. The van der Waals surface area contributed by atoms with Crippen molar-refractivity contribution in [2.45, 2.75) is 45.0 Å². The minimum absolute atomic E-state index is 0. The highest BCUT2D eigenvalue weighted by Crippen LogP contribution is 2.35. The third-order valence-electron chi connectivity index (χ3n) is 4.24. The van der Waals surface area contributed by atoms with Gasteiger partial charge < -0.3 is 10.1 Å². The average Bonchev–Trinajstić information content (AvgIpc) is 2.53. The summed E-state index contributed by atoms with van der Waals surface area (Å²) in [5.41, 5.74) is 0.951. The van der Waals surface area contributed by atoms with Gasteiger partial charge in [0.05, 0.1) is 5.02 Å². The second-order valence-electron chi connectivity index (χ2n) is 6.04. The molecule has 0 spiro atoms. The van der Waals surface area contributed by atoms with E-state index in [0.717, 1.165) is 57.4 Å². The minimum Gasteiger partial charge on any atom is -0.404 e. The van der Waals surface area contributed by atoms with Crippen molar-refractivity contribution in [2.24, 2.45) is 0 Å². The van der Waals surface area contributed by atoms with Crippen molar-refractivity contribution >= 4 is 36.4 Å². The third-order valence-corrected chi connectivity index (χ3v) is 4.54. The number of hydrogen-bond donors (Lipinski definition) is 1. The average molecular weight is 438 g/mol. The highest BCUT2D eigenvalue weighted by atomic mass is 35.5. The number of benzene rings is 1. The summed E-state index contributed by atoms with van der Waals surface area (Å²) in [5.74, 6) is -0.347. The second-order valence-corrected chi connectivity index (χ2v) is 6.44. The van der Waals surface area contributed by atoms with Crippen molar-refractivity contribution in [1.29, 1.82) is 0 Å². The molecular weight excluding hydrogens is 412 g/mol. The van der Waals surface area contributed by atoms with Gasteiger partial charge in [0.25, 0.3) is 0 Å². The molecule has 0 amide bonds. The summed E-state index contributed by atoms with van der Waals surface area (Å²) in [5, 5.41) is 3.32. The number of nitrogens with one attached hydrogen (secondary N) is 1. The highest BCUT2D eigenvalue weighted by molar-refractivity contribution is 6.32. The molecule has 1 fully saturated rings. The molecule has 1 aromatic rings. The van der Waals surface area contributed by atoms with Gasteiger partial charge in [-0.2, -0.15) is 0 Å². The molecule has 2 rings (SSSR count). The van der Waals surface area contributed by atoms with Crippen LogP contribution in [-0.4, -0.2) is 37.4 Å². The summed E-state index contributed by atoms with van der Waals surface area (Å²) in [6.07, 6.45) is -0.392. The molecule has 1 atom stereocenters. The largest absolute Gasteiger partial charge is 0.573 e. The molecule has 1 aliphatic heterocycles. The maximum atomic E-state index is 12.4. The molecule has 9 heteroatoms. The standard InChI is InChI=1S/C17H24ClF3N2O.2ClH/c1-2-3-4-5-15(23-10-8-22-9-11-23)13-6-7-16(14(18)12-13)24-17(19,20)21;;/h6-7,12,15,22H,2-5,8-11H2,1H3;2*1H/t15-;;/m1../s1. The Labute approximate surface area is 170 Å². The Hall–Kier alpha value is -0.400. The SMILES string of the molecule is CCCCC[C@H](c1ccc(OC(F)(F)F)c(Cl)c1)N1CCNCC1.Cl.Cl. The van der Waals surface area contributed by atoms with Crippen molar-refractivity contribution in [2.75, 3.05) is 26.2 Å². The van der Waals surface area contributed by atoms with Gasteiger partial charge in [0.15, 0.2) is 0 Å². The molecule has 0 aliphatic carbocycles. The van der Waals surface area contributed by atoms with E-state index in [-0.39, 0.29) is 41.6 Å². The molecular formula is C17H26Cl3F3N2O. The number of piperazine rings is 1. The van der Waals surface area contributed by atoms with Gasteiger partial charge in [0.2, 0.25) is 0 Å². The van der Waals surface area contributed by atoms with Gasteiger partial charge in [0.1, 0.15) is 5.75 Å². The Bertz CT molecular complexity index is 526. The zero-order valence-corrected chi connectivity index (χ0v) is 17.0. The molecule has 3 nitrogen and oxygen atoms in total. The number of unbranched alkanes of at least 4 members (excludes halogenated alkanes) is 2. The Morgan fingerprint density at radius 2 is 1.85 bits per heavy atom. The van der Waals surface area contributed by atoms with Crippen LogP contribution < -0.4 is 10.1 Å². The van der Waals surface area contributed by atoms with E-state index >= 15 is 0 Å². The van der Waals surface area contributed by atoms with Crippen LogP contribution in [0.15, 0.2) is 18.2 Å². The van der Waals surface area contributed by atoms with Crippen molar-refractivity contribution in [3.63, 3.8) is 0 Å². The quantitative estimate of drug-likeness (QED) is 0.561. The van der Waals surface area contributed by atoms with Crippen LogP contribution in [-0.2, 0) is 0 Å². The Morgan fingerprint density at radius 3 is 2.38 bits per heavy atom. The van der Waals surface area contributed by atoms with Gasteiger partial charge in [-0.3, -0.25) is 4.90 Å². The molecule has 26 heavy (non-hydrogen) atoms. The van der Waals surface area contributed by atoms with Crippen LogP contribution in [0.25, 0.3) is 0 Å². The van der Waals surface area contributed by atoms with Gasteiger partial charge >= 0.3 is 6.36 Å². The molecule has 1 aromatic carbocycles. The van der Waals surface area contributed by atoms with E-state index in [0.29, 0.717) is 0 Å². The molecule has 1 saturated heterocycles. The minimum atomic E-state index is -4.73. The maximum absolute atomic E-state index is 12.4. The summed E-state index contributed by atoms with van der Waals surface area (Å²) in [4.78, 5) is 2.38. The lowest BCUT2D eigenvalue weighted by Gasteiger charge is -2.35. The van der Waals surface area contributed by atoms with Crippen molar-refractivity contribution < 1.29 is 17.9 Å². The van der Waals surface area contributed by atoms with Gasteiger partial charge in [-0.1, -0.05) is 43.9 Å². The number of ether oxygens (including phenoxy) is 1. The van der Waals surface area contributed by atoms with Gasteiger partial charge in [-0.15, -0.1) is 38.0 Å². The van der Waals surface area contributed by atoms with E-state index in [1.54, 1.807) is 12.1 Å². The molecule has 152 valence electrons. The van der Waals surface area contributed by atoms with E-state index in [1.807, 2.05) is 0 Å². The fourth-order valence-corrected chi connectivity index (χ4v) is 3.30. The lowest BCUT2D eigenvalue weighted by molar-refractivity contribution is -0.274. The normalized spacial score (nSPS) is 16.3. The Morgan fingerprint density at radius 1 is 1.19 bits per heavy atom. The van der Waals surface area contributed by atoms with E-state index in [4.69, 9.17) is 11.6 Å². The smallest absolute Gasteiger partial charge is 0.404 e. The zero-order chi connectivity index (χ0) is 17.6. The van der Waals surface area contributed by atoms with Crippen LogP contribution in [0, 0.1) is 0 Å². The van der Waals surface area contributed by atoms with Gasteiger partial charge in [0, 0.05) is 32.2 Å². The second kappa shape index (κ2) is 12.1. The van der Waals surface area contributed by atoms with Crippen molar-refractivity contribution in [3.05, 3.63) is 28.8 Å². The van der Waals surface area contributed by atoms with Crippen LogP contribution in [0.5, 0.6) is 5.75 Å². The maximum Gasteiger partial charge on any atom is 0.573 e. The van der Waals surface area contributed by atoms with Crippen molar-refractivity contribution in [1.82, 2.24) is 10.2 Å². The summed E-state index contributed by atoms with van der Waals surface area (Å²) < 4.78 is 41.1. The molecule has 1 N–H and O–H groups in total. The number of nitrogens with zero attached hydrogens (tertiary/aromatic N) is 1. The van der Waals surface area contributed by atoms with E-state index in [2.05, 4.69) is 21.9 Å². The number of halogens is 6. The molecule has 0 bridgehead atoms. The lowest BCUT2D eigenvalue weighted by atomic mass is 9.98. The fraction of sp³-hybridized carbons (Fsp3) is 0.647. The number of hydrogen-bond acceptors (Lipinski definition) is 3. The number of rotatable bonds is 7. The van der Waals surface area contributed by atoms with Gasteiger partial charge in [-0.05, 0) is 24.1 Å². The van der Waals surface area contributed by atoms with E-state index in [9.17, 15) is 13.2 Å². The van der Waals surface area contributed by atoms with Crippen LogP contribution in [0.4, 0.5) is 13.2 Å². The third kappa shape index (κ3) is 8.09. The summed E-state index contributed by atoms with van der Waals surface area (Å²) >= 11 is 6.02. The molecule has 0 aromatic heterocycles. The van der Waals surface area contributed by atoms with E-state index in [1.165, 1.54) is 6.07 Å². The fourth-order valence-electron chi connectivity index (χ4n) is 3.07.